The van der Waals surface area contributed by atoms with E-state index in [2.05, 4.69) is 5.32 Å². The van der Waals surface area contributed by atoms with Crippen LogP contribution < -0.4 is 5.32 Å². The van der Waals surface area contributed by atoms with Gasteiger partial charge in [-0.15, -0.1) is 0 Å². The largest absolute Gasteiger partial charge is 0.466 e. The number of ether oxygens (including phenoxy) is 1. The summed E-state index contributed by atoms with van der Waals surface area (Å²) in [4.78, 5) is 23.7. The molecular weight excluding hydrogens is 301 g/mol. The van der Waals surface area contributed by atoms with Gasteiger partial charge in [-0.2, -0.15) is 0 Å². The molecule has 1 heterocycles. The summed E-state index contributed by atoms with van der Waals surface area (Å²) in [5, 5.41) is 2.68. The van der Waals surface area contributed by atoms with Crippen molar-refractivity contribution in [1.29, 1.82) is 0 Å². The standard InChI is InChI=1S/C17H18FNO4/c1-10-8-15(12(3)23-10)17(21)22-9-16(20)19-11(2)13-4-6-14(18)7-5-13/h4-8,11H,9H2,1-3H3,(H,19,20)/t11-/m0/s1. The Labute approximate surface area is 133 Å². The number of aryl methyl sites for hydroxylation is 2. The molecule has 0 spiro atoms. The Morgan fingerprint density at radius 2 is 1.91 bits per heavy atom. The molecule has 1 N–H and O–H groups in total. The first-order valence-electron chi connectivity index (χ1n) is 7.16. The number of carbonyl (C=O) groups is 2. The van der Waals surface area contributed by atoms with Crippen LogP contribution in [0.1, 0.15) is 40.4 Å². The third-order valence-electron chi connectivity index (χ3n) is 3.34. The zero-order chi connectivity index (χ0) is 17.0. The molecule has 1 aromatic carbocycles. The molecule has 0 unspecified atom stereocenters. The number of hydrogen-bond acceptors (Lipinski definition) is 4. The zero-order valence-corrected chi connectivity index (χ0v) is 13.2. The Hall–Kier alpha value is -2.63. The summed E-state index contributed by atoms with van der Waals surface area (Å²) in [5.74, 6) is -0.333. The molecule has 0 bridgehead atoms. The van der Waals surface area contributed by atoms with E-state index in [0.29, 0.717) is 17.1 Å². The predicted octanol–water partition coefficient (Wildman–Crippen LogP) is 3.07. The highest BCUT2D eigenvalue weighted by Gasteiger charge is 2.17. The van der Waals surface area contributed by atoms with E-state index in [4.69, 9.17) is 9.15 Å². The van der Waals surface area contributed by atoms with Crippen molar-refractivity contribution in [3.8, 4) is 0 Å². The van der Waals surface area contributed by atoms with E-state index in [1.165, 1.54) is 12.1 Å². The summed E-state index contributed by atoms with van der Waals surface area (Å²) in [6.07, 6.45) is 0. The van der Waals surface area contributed by atoms with Gasteiger partial charge in [0.25, 0.3) is 5.91 Å². The highest BCUT2D eigenvalue weighted by molar-refractivity contribution is 5.92. The third kappa shape index (κ3) is 4.42. The van der Waals surface area contributed by atoms with E-state index in [0.717, 1.165) is 5.56 Å². The summed E-state index contributed by atoms with van der Waals surface area (Å²) < 4.78 is 23.1. The van der Waals surface area contributed by atoms with E-state index in [-0.39, 0.29) is 11.9 Å². The summed E-state index contributed by atoms with van der Waals surface area (Å²) in [6.45, 7) is 4.74. The molecule has 0 aliphatic carbocycles. The number of rotatable bonds is 5. The van der Waals surface area contributed by atoms with Crippen LogP contribution in [0.25, 0.3) is 0 Å². The van der Waals surface area contributed by atoms with Crippen molar-refractivity contribution in [2.45, 2.75) is 26.8 Å². The summed E-state index contributed by atoms with van der Waals surface area (Å²) >= 11 is 0. The van der Waals surface area contributed by atoms with E-state index in [9.17, 15) is 14.0 Å². The van der Waals surface area contributed by atoms with Gasteiger partial charge in [0.05, 0.1) is 6.04 Å². The highest BCUT2D eigenvalue weighted by Crippen LogP contribution is 2.15. The number of hydrogen-bond donors (Lipinski definition) is 1. The number of halogens is 1. The van der Waals surface area contributed by atoms with E-state index >= 15 is 0 Å². The third-order valence-corrected chi connectivity index (χ3v) is 3.34. The van der Waals surface area contributed by atoms with Gasteiger partial charge in [0.15, 0.2) is 6.61 Å². The van der Waals surface area contributed by atoms with Crippen molar-refractivity contribution in [2.75, 3.05) is 6.61 Å². The molecule has 122 valence electrons. The van der Waals surface area contributed by atoms with Crippen molar-refractivity contribution < 1.29 is 23.1 Å². The Bertz CT molecular complexity index is 706. The normalized spacial score (nSPS) is 11.8. The second-order valence-electron chi connectivity index (χ2n) is 5.24. The van der Waals surface area contributed by atoms with Crippen LogP contribution in [0, 0.1) is 19.7 Å². The van der Waals surface area contributed by atoms with E-state index in [1.807, 2.05) is 0 Å². The Kier molecular flexibility index (Phi) is 5.16. The second kappa shape index (κ2) is 7.09. The smallest absolute Gasteiger partial charge is 0.342 e. The molecule has 1 aromatic heterocycles. The maximum atomic E-state index is 12.9. The predicted molar refractivity (Wildman–Crippen MR) is 81.4 cm³/mol. The summed E-state index contributed by atoms with van der Waals surface area (Å²) in [6, 6.07) is 7.06. The fraction of sp³-hybridized carbons (Fsp3) is 0.294. The molecule has 0 saturated heterocycles. The average Bonchev–Trinajstić information content (AvgIpc) is 2.84. The van der Waals surface area contributed by atoms with Gasteiger partial charge in [0, 0.05) is 0 Å². The van der Waals surface area contributed by atoms with Gasteiger partial charge in [-0.3, -0.25) is 4.79 Å². The molecule has 2 rings (SSSR count). The van der Waals surface area contributed by atoms with Crippen molar-refractivity contribution in [3.63, 3.8) is 0 Å². The molecule has 5 nitrogen and oxygen atoms in total. The van der Waals surface area contributed by atoms with Crippen molar-refractivity contribution in [2.24, 2.45) is 0 Å². The van der Waals surface area contributed by atoms with Crippen LogP contribution in [0.4, 0.5) is 4.39 Å². The first kappa shape index (κ1) is 16.7. The lowest BCUT2D eigenvalue weighted by molar-refractivity contribution is -0.124. The quantitative estimate of drug-likeness (QED) is 0.860. The minimum atomic E-state index is -0.607. The summed E-state index contributed by atoms with van der Waals surface area (Å²) in [5.41, 5.74) is 1.06. The van der Waals surface area contributed by atoms with Gasteiger partial charge in [0.1, 0.15) is 22.9 Å². The Morgan fingerprint density at radius 3 is 2.48 bits per heavy atom. The lowest BCUT2D eigenvalue weighted by Gasteiger charge is -2.14. The molecule has 0 aliphatic rings. The van der Waals surface area contributed by atoms with Crippen molar-refractivity contribution in [1.82, 2.24) is 5.32 Å². The number of furan rings is 1. The summed E-state index contributed by atoms with van der Waals surface area (Å²) in [7, 11) is 0. The fourth-order valence-electron chi connectivity index (χ4n) is 2.16. The molecule has 0 fully saturated rings. The van der Waals surface area contributed by atoms with Crippen molar-refractivity contribution in [3.05, 3.63) is 58.8 Å². The molecule has 23 heavy (non-hydrogen) atoms. The Morgan fingerprint density at radius 1 is 1.26 bits per heavy atom. The van der Waals surface area contributed by atoms with Crippen LogP contribution in [0.15, 0.2) is 34.7 Å². The molecule has 2 aromatic rings. The molecule has 0 saturated carbocycles. The van der Waals surface area contributed by atoms with Gasteiger partial charge < -0.3 is 14.5 Å². The lowest BCUT2D eigenvalue weighted by Crippen LogP contribution is -2.31. The molecule has 1 amide bonds. The van der Waals surface area contributed by atoms with Crippen LogP contribution in [-0.2, 0) is 9.53 Å². The number of benzene rings is 1. The highest BCUT2D eigenvalue weighted by atomic mass is 19.1. The minimum Gasteiger partial charge on any atom is -0.466 e. The van der Waals surface area contributed by atoms with Gasteiger partial charge >= 0.3 is 5.97 Å². The lowest BCUT2D eigenvalue weighted by atomic mass is 10.1. The topological polar surface area (TPSA) is 68.5 Å². The van der Waals surface area contributed by atoms with Crippen LogP contribution in [0.5, 0.6) is 0 Å². The van der Waals surface area contributed by atoms with Gasteiger partial charge in [0.2, 0.25) is 0 Å². The molecule has 0 aliphatic heterocycles. The van der Waals surface area contributed by atoms with Crippen LogP contribution >= 0.6 is 0 Å². The zero-order valence-electron chi connectivity index (χ0n) is 13.2. The second-order valence-corrected chi connectivity index (χ2v) is 5.24. The first-order valence-corrected chi connectivity index (χ1v) is 7.16. The van der Waals surface area contributed by atoms with Crippen LogP contribution in [0.3, 0.4) is 0 Å². The molecule has 0 radical (unpaired) electrons. The van der Waals surface area contributed by atoms with Gasteiger partial charge in [-0.25, -0.2) is 9.18 Å². The number of carbonyl (C=O) groups excluding carboxylic acids is 2. The van der Waals surface area contributed by atoms with Gasteiger partial charge in [-0.05, 0) is 44.5 Å². The molecular formula is C17H18FNO4. The van der Waals surface area contributed by atoms with Gasteiger partial charge in [-0.1, -0.05) is 12.1 Å². The molecule has 1 atom stereocenters. The van der Waals surface area contributed by atoms with Crippen molar-refractivity contribution >= 4 is 11.9 Å². The minimum absolute atomic E-state index is 0.307. The number of esters is 1. The van der Waals surface area contributed by atoms with Crippen LogP contribution in [0.2, 0.25) is 0 Å². The maximum absolute atomic E-state index is 12.9. The number of amides is 1. The van der Waals surface area contributed by atoms with E-state index in [1.54, 1.807) is 39.0 Å². The maximum Gasteiger partial charge on any atom is 0.342 e. The average molecular weight is 319 g/mol. The van der Waals surface area contributed by atoms with Crippen LogP contribution in [-0.4, -0.2) is 18.5 Å². The first-order chi connectivity index (χ1) is 10.9. The Balaban J connectivity index is 1.86. The SMILES string of the molecule is Cc1cc(C(=O)OCC(=O)N[C@@H](C)c2ccc(F)cc2)c(C)o1. The monoisotopic (exact) mass is 319 g/mol. The van der Waals surface area contributed by atoms with E-state index < -0.39 is 18.5 Å². The molecule has 6 heteroatoms. The fourth-order valence-corrected chi connectivity index (χ4v) is 2.16. The number of nitrogens with one attached hydrogen (secondary N) is 1.